The molecule has 0 saturated carbocycles. The van der Waals surface area contributed by atoms with Crippen LogP contribution in [-0.4, -0.2) is 22.1 Å². The highest BCUT2D eigenvalue weighted by Crippen LogP contribution is 2.35. The SMILES string of the molecule is CCOC(=O)C1=C(c2ccccc2)N=c2s/c(=C/c3ccccc3OCc3ccc([N+](=O)[O-])cc3)c(=O)n2[C@@H]1c1ccccc1. The van der Waals surface area contributed by atoms with Gasteiger partial charge < -0.3 is 9.47 Å². The predicted molar refractivity (Wildman–Crippen MR) is 171 cm³/mol. The van der Waals surface area contributed by atoms with Crippen molar-refractivity contribution in [3.63, 3.8) is 0 Å². The van der Waals surface area contributed by atoms with E-state index in [4.69, 9.17) is 14.5 Å². The van der Waals surface area contributed by atoms with Crippen molar-refractivity contribution < 1.29 is 19.2 Å². The molecule has 1 aromatic heterocycles. The molecule has 0 saturated heterocycles. The summed E-state index contributed by atoms with van der Waals surface area (Å²) in [5.74, 6) is 0.00621. The van der Waals surface area contributed by atoms with Gasteiger partial charge in [0.05, 0.1) is 33.4 Å². The molecular weight excluding hydrogens is 590 g/mol. The number of hydrogen-bond donors (Lipinski definition) is 0. The van der Waals surface area contributed by atoms with Crippen molar-refractivity contribution in [2.45, 2.75) is 19.6 Å². The van der Waals surface area contributed by atoms with Crippen LogP contribution in [0.3, 0.4) is 0 Å². The van der Waals surface area contributed by atoms with Crippen LogP contribution in [0.4, 0.5) is 5.69 Å². The highest BCUT2D eigenvalue weighted by molar-refractivity contribution is 7.07. The number of rotatable bonds is 9. The Morgan fingerprint density at radius 3 is 2.31 bits per heavy atom. The fraction of sp³-hybridized carbons (Fsp3) is 0.114. The van der Waals surface area contributed by atoms with E-state index >= 15 is 0 Å². The van der Waals surface area contributed by atoms with Gasteiger partial charge in [0.2, 0.25) is 0 Å². The van der Waals surface area contributed by atoms with Crippen LogP contribution < -0.4 is 19.6 Å². The highest BCUT2D eigenvalue weighted by Gasteiger charge is 2.35. The first-order chi connectivity index (χ1) is 21.9. The van der Waals surface area contributed by atoms with E-state index in [0.717, 1.165) is 16.7 Å². The Balaban J connectivity index is 1.47. The Kier molecular flexibility index (Phi) is 8.47. The second-order valence-electron chi connectivity index (χ2n) is 10.1. The number of fused-ring (bicyclic) bond motifs is 1. The lowest BCUT2D eigenvalue weighted by molar-refractivity contribution is -0.384. The molecule has 0 bridgehead atoms. The van der Waals surface area contributed by atoms with Gasteiger partial charge >= 0.3 is 5.97 Å². The predicted octanol–water partition coefficient (Wildman–Crippen LogP) is 5.42. The van der Waals surface area contributed by atoms with Crippen LogP contribution in [0.5, 0.6) is 5.75 Å². The zero-order valence-corrected chi connectivity index (χ0v) is 25.0. The third kappa shape index (κ3) is 6.09. The summed E-state index contributed by atoms with van der Waals surface area (Å²) in [6.45, 7) is 2.10. The summed E-state index contributed by atoms with van der Waals surface area (Å²) in [6, 6.07) is 31.5. The van der Waals surface area contributed by atoms with Crippen molar-refractivity contribution >= 4 is 34.8 Å². The van der Waals surface area contributed by atoms with Crippen LogP contribution in [-0.2, 0) is 16.1 Å². The summed E-state index contributed by atoms with van der Waals surface area (Å²) < 4.78 is 13.6. The van der Waals surface area contributed by atoms with Gasteiger partial charge in [-0.25, -0.2) is 9.79 Å². The summed E-state index contributed by atoms with van der Waals surface area (Å²) in [6.07, 6.45) is 1.76. The van der Waals surface area contributed by atoms with E-state index in [1.165, 1.54) is 23.5 Å². The number of benzene rings is 4. The lowest BCUT2D eigenvalue weighted by Crippen LogP contribution is -2.40. The maximum absolute atomic E-state index is 14.2. The standard InChI is InChI=1S/C35H27N3O6S/c1-2-43-34(40)30-31(24-11-5-3-6-12-24)36-35-37(32(30)25-13-7-4-8-14-25)33(39)29(45-35)21-26-15-9-10-16-28(26)44-22-23-17-19-27(20-18-23)38(41)42/h3-21,32H,2,22H2,1H3/b29-21+/t32-/m1/s1. The smallest absolute Gasteiger partial charge is 0.338 e. The molecule has 5 aromatic rings. The molecule has 1 aliphatic rings. The molecule has 0 fully saturated rings. The number of nitro groups is 1. The average molecular weight is 618 g/mol. The van der Waals surface area contributed by atoms with Crippen molar-refractivity contribution in [1.82, 2.24) is 4.57 Å². The Hall–Kier alpha value is -5.61. The number of nitrogens with zero attached hydrogens (tertiary/aromatic N) is 3. The van der Waals surface area contributed by atoms with E-state index in [1.807, 2.05) is 78.9 Å². The lowest BCUT2D eigenvalue weighted by atomic mass is 9.93. The zero-order chi connectivity index (χ0) is 31.3. The number of carbonyl (C=O) groups excluding carboxylic acids is 1. The summed E-state index contributed by atoms with van der Waals surface area (Å²) >= 11 is 1.23. The van der Waals surface area contributed by atoms with Gasteiger partial charge in [-0.3, -0.25) is 19.5 Å². The third-order valence-corrected chi connectivity index (χ3v) is 8.22. The van der Waals surface area contributed by atoms with Crippen molar-refractivity contribution in [3.05, 3.63) is 167 Å². The van der Waals surface area contributed by atoms with Gasteiger partial charge in [0, 0.05) is 23.3 Å². The van der Waals surface area contributed by atoms with Crippen LogP contribution >= 0.6 is 11.3 Å². The number of hydrogen-bond acceptors (Lipinski definition) is 8. The van der Waals surface area contributed by atoms with Gasteiger partial charge in [0.15, 0.2) is 4.80 Å². The van der Waals surface area contributed by atoms with E-state index in [0.29, 0.717) is 31.9 Å². The molecule has 0 N–H and O–H groups in total. The topological polar surface area (TPSA) is 113 Å². The molecule has 224 valence electrons. The molecule has 0 amide bonds. The van der Waals surface area contributed by atoms with Crippen LogP contribution in [0.2, 0.25) is 0 Å². The first-order valence-corrected chi connectivity index (χ1v) is 15.0. The Bertz CT molecular complexity index is 2090. The molecule has 0 unspecified atom stereocenters. The average Bonchev–Trinajstić information content (AvgIpc) is 3.38. The van der Waals surface area contributed by atoms with Crippen LogP contribution in [0.1, 0.15) is 35.2 Å². The number of nitro benzene ring substituents is 1. The minimum absolute atomic E-state index is 0.00451. The second kappa shape index (κ2) is 12.9. The van der Waals surface area contributed by atoms with Gasteiger partial charge in [-0.1, -0.05) is 90.2 Å². The Morgan fingerprint density at radius 1 is 0.956 bits per heavy atom. The maximum Gasteiger partial charge on any atom is 0.338 e. The molecule has 0 spiro atoms. The molecule has 6 rings (SSSR count). The number of carbonyl (C=O) groups is 1. The minimum atomic E-state index is -0.757. The quantitative estimate of drug-likeness (QED) is 0.124. The molecule has 9 nitrogen and oxygen atoms in total. The van der Waals surface area contributed by atoms with E-state index in [-0.39, 0.29) is 24.5 Å². The van der Waals surface area contributed by atoms with Crippen LogP contribution in [0, 0.1) is 10.1 Å². The Morgan fingerprint density at radius 2 is 1.62 bits per heavy atom. The number of non-ortho nitro benzene ring substituents is 1. The van der Waals surface area contributed by atoms with Crippen molar-refractivity contribution in [1.29, 1.82) is 0 Å². The summed E-state index contributed by atoms with van der Waals surface area (Å²) in [5, 5.41) is 11.0. The van der Waals surface area contributed by atoms with Gasteiger partial charge in [-0.2, -0.15) is 0 Å². The molecular formula is C35H27N3O6S. The monoisotopic (exact) mass is 617 g/mol. The van der Waals surface area contributed by atoms with Crippen LogP contribution in [0.15, 0.2) is 125 Å². The number of para-hydroxylation sites is 1. The maximum atomic E-state index is 14.2. The van der Waals surface area contributed by atoms with Crippen molar-refractivity contribution in [2.24, 2.45) is 4.99 Å². The van der Waals surface area contributed by atoms with Crippen LogP contribution in [0.25, 0.3) is 11.8 Å². The highest BCUT2D eigenvalue weighted by atomic mass is 32.1. The summed E-state index contributed by atoms with van der Waals surface area (Å²) in [7, 11) is 0. The van der Waals surface area contributed by atoms with E-state index < -0.39 is 16.9 Å². The summed E-state index contributed by atoms with van der Waals surface area (Å²) in [5.41, 5.74) is 3.39. The molecule has 0 aliphatic carbocycles. The third-order valence-electron chi connectivity index (χ3n) is 7.24. The first kappa shape index (κ1) is 29.5. The molecule has 45 heavy (non-hydrogen) atoms. The number of aromatic nitrogens is 1. The van der Waals surface area contributed by atoms with Gasteiger partial charge in [0.25, 0.3) is 11.2 Å². The molecule has 0 radical (unpaired) electrons. The Labute approximate surface area is 261 Å². The number of esters is 1. The van der Waals surface area contributed by atoms with E-state index in [1.54, 1.807) is 35.8 Å². The van der Waals surface area contributed by atoms with E-state index in [2.05, 4.69) is 0 Å². The first-order valence-electron chi connectivity index (χ1n) is 14.2. The fourth-order valence-electron chi connectivity index (χ4n) is 5.14. The number of ether oxygens (including phenoxy) is 2. The molecule has 2 heterocycles. The minimum Gasteiger partial charge on any atom is -0.488 e. The zero-order valence-electron chi connectivity index (χ0n) is 24.2. The van der Waals surface area contributed by atoms with Crippen molar-refractivity contribution in [2.75, 3.05) is 6.61 Å². The van der Waals surface area contributed by atoms with Gasteiger partial charge in [-0.15, -0.1) is 0 Å². The normalized spacial score (nSPS) is 14.4. The van der Waals surface area contributed by atoms with Gasteiger partial charge in [0.1, 0.15) is 12.4 Å². The molecule has 1 atom stereocenters. The summed E-state index contributed by atoms with van der Waals surface area (Å²) in [4.78, 5) is 43.6. The van der Waals surface area contributed by atoms with Crippen molar-refractivity contribution in [3.8, 4) is 5.75 Å². The van der Waals surface area contributed by atoms with E-state index in [9.17, 15) is 19.7 Å². The van der Waals surface area contributed by atoms with Gasteiger partial charge in [-0.05, 0) is 42.3 Å². The largest absolute Gasteiger partial charge is 0.488 e. The molecule has 10 heteroatoms. The fourth-order valence-corrected chi connectivity index (χ4v) is 6.13. The molecule has 1 aliphatic heterocycles. The lowest BCUT2D eigenvalue weighted by Gasteiger charge is -2.25. The molecule has 4 aromatic carbocycles. The number of thiazole rings is 1. The second-order valence-corrected chi connectivity index (χ2v) is 11.1.